The van der Waals surface area contributed by atoms with Crippen molar-refractivity contribution in [2.24, 2.45) is 0 Å². The Balaban J connectivity index is 1.54. The normalized spacial score (nSPS) is 22.7. The average molecular weight is 295 g/mol. The minimum atomic E-state index is -0.242. The molecule has 1 aliphatic carbocycles. The highest BCUT2D eigenvalue weighted by atomic mass is 16.2. The molecule has 0 bridgehead atoms. The molecule has 22 heavy (non-hydrogen) atoms. The maximum absolute atomic E-state index is 13.2. The van der Waals surface area contributed by atoms with E-state index in [0.29, 0.717) is 5.91 Å². The summed E-state index contributed by atoms with van der Waals surface area (Å²) in [6.07, 6.45) is 7.93. The summed E-state index contributed by atoms with van der Waals surface area (Å²) in [5.41, 5.74) is 0.943. The van der Waals surface area contributed by atoms with Crippen molar-refractivity contribution in [2.45, 2.75) is 43.7 Å². The number of amides is 1. The van der Waals surface area contributed by atoms with Crippen LogP contribution in [0.3, 0.4) is 0 Å². The molecule has 4 nitrogen and oxygen atoms in total. The van der Waals surface area contributed by atoms with Crippen molar-refractivity contribution in [3.05, 3.63) is 54.4 Å². The van der Waals surface area contributed by atoms with Crippen LogP contribution in [0.25, 0.3) is 0 Å². The lowest BCUT2D eigenvalue weighted by molar-refractivity contribution is -0.135. The van der Waals surface area contributed by atoms with E-state index >= 15 is 0 Å². The molecule has 4 heteroatoms. The SMILES string of the molecule is O=C(N1CCC[C@H]1Cn1cccn1)C1(c2ccccc2)CC1. The van der Waals surface area contributed by atoms with Gasteiger partial charge in [-0.05, 0) is 37.3 Å². The number of rotatable bonds is 4. The summed E-state index contributed by atoms with van der Waals surface area (Å²) < 4.78 is 1.94. The Bertz CT molecular complexity index is 646. The van der Waals surface area contributed by atoms with Gasteiger partial charge in [0.25, 0.3) is 0 Å². The Morgan fingerprint density at radius 1 is 1.23 bits per heavy atom. The van der Waals surface area contributed by atoms with Crippen LogP contribution in [-0.2, 0) is 16.8 Å². The second-order valence-corrected chi connectivity index (χ2v) is 6.47. The second-order valence-electron chi connectivity index (χ2n) is 6.47. The second kappa shape index (κ2) is 5.27. The fourth-order valence-electron chi connectivity index (χ4n) is 3.70. The molecule has 114 valence electrons. The number of likely N-dealkylation sites (tertiary alicyclic amines) is 1. The molecule has 4 rings (SSSR count). The highest BCUT2D eigenvalue weighted by molar-refractivity contribution is 5.91. The smallest absolute Gasteiger partial charge is 0.233 e. The lowest BCUT2D eigenvalue weighted by atomic mass is 9.94. The van der Waals surface area contributed by atoms with Gasteiger partial charge in [0.15, 0.2) is 0 Å². The van der Waals surface area contributed by atoms with E-state index in [-0.39, 0.29) is 11.5 Å². The van der Waals surface area contributed by atoms with Gasteiger partial charge in [0.2, 0.25) is 5.91 Å². The van der Waals surface area contributed by atoms with Crippen molar-refractivity contribution >= 4 is 5.91 Å². The molecule has 1 amide bonds. The predicted octanol–water partition coefficient (Wildman–Crippen LogP) is 2.61. The molecule has 2 aliphatic rings. The first-order valence-electron chi connectivity index (χ1n) is 8.14. The third-order valence-corrected chi connectivity index (χ3v) is 5.08. The van der Waals surface area contributed by atoms with Gasteiger partial charge in [-0.3, -0.25) is 9.48 Å². The quantitative estimate of drug-likeness (QED) is 0.869. The molecule has 0 unspecified atom stereocenters. The zero-order valence-electron chi connectivity index (χ0n) is 12.7. The number of carbonyl (C=O) groups is 1. The summed E-state index contributed by atoms with van der Waals surface area (Å²) in [7, 11) is 0. The van der Waals surface area contributed by atoms with E-state index in [0.717, 1.165) is 38.8 Å². The Kier molecular flexibility index (Phi) is 3.25. The van der Waals surface area contributed by atoms with Crippen LogP contribution < -0.4 is 0 Å². The molecule has 1 aromatic heterocycles. The summed E-state index contributed by atoms with van der Waals surface area (Å²) in [6, 6.07) is 12.5. The molecule has 0 spiro atoms. The van der Waals surface area contributed by atoms with Gasteiger partial charge >= 0.3 is 0 Å². The lowest BCUT2D eigenvalue weighted by Crippen LogP contribution is -2.44. The molecule has 2 fully saturated rings. The van der Waals surface area contributed by atoms with Gasteiger partial charge in [0.05, 0.1) is 18.0 Å². The van der Waals surface area contributed by atoms with E-state index in [1.807, 2.05) is 35.1 Å². The molecular weight excluding hydrogens is 274 g/mol. The zero-order valence-corrected chi connectivity index (χ0v) is 12.7. The number of hydrogen-bond donors (Lipinski definition) is 0. The van der Waals surface area contributed by atoms with Gasteiger partial charge in [-0.2, -0.15) is 5.10 Å². The molecule has 1 saturated heterocycles. The van der Waals surface area contributed by atoms with E-state index in [2.05, 4.69) is 22.1 Å². The minimum Gasteiger partial charge on any atom is -0.337 e. The maximum Gasteiger partial charge on any atom is 0.233 e. The van der Waals surface area contributed by atoms with Crippen molar-refractivity contribution in [3.63, 3.8) is 0 Å². The summed E-state index contributed by atoms with van der Waals surface area (Å²) in [4.78, 5) is 15.3. The fourth-order valence-corrected chi connectivity index (χ4v) is 3.70. The molecule has 0 N–H and O–H groups in total. The van der Waals surface area contributed by atoms with E-state index < -0.39 is 0 Å². The van der Waals surface area contributed by atoms with Gasteiger partial charge in [-0.1, -0.05) is 30.3 Å². The van der Waals surface area contributed by atoms with E-state index in [1.54, 1.807) is 6.20 Å². The van der Waals surface area contributed by atoms with Crippen LogP contribution in [0.2, 0.25) is 0 Å². The van der Waals surface area contributed by atoms with E-state index in [4.69, 9.17) is 0 Å². The molecule has 1 aromatic carbocycles. The summed E-state index contributed by atoms with van der Waals surface area (Å²) in [5, 5.41) is 4.29. The van der Waals surface area contributed by atoms with Gasteiger partial charge in [0.1, 0.15) is 0 Å². The van der Waals surface area contributed by atoms with Crippen LogP contribution in [-0.4, -0.2) is 33.2 Å². The maximum atomic E-state index is 13.2. The molecule has 2 heterocycles. The first-order chi connectivity index (χ1) is 10.8. The number of benzene rings is 1. The average Bonchev–Trinajstić information content (AvgIpc) is 2.97. The molecule has 1 atom stereocenters. The topological polar surface area (TPSA) is 38.1 Å². The molecule has 0 radical (unpaired) electrons. The fraction of sp³-hybridized carbons (Fsp3) is 0.444. The number of aromatic nitrogens is 2. The van der Waals surface area contributed by atoms with Crippen molar-refractivity contribution < 1.29 is 4.79 Å². The molecule has 1 saturated carbocycles. The number of hydrogen-bond acceptors (Lipinski definition) is 2. The Hall–Kier alpha value is -2.10. The summed E-state index contributed by atoms with van der Waals surface area (Å²) >= 11 is 0. The Morgan fingerprint density at radius 3 is 2.73 bits per heavy atom. The van der Waals surface area contributed by atoms with Crippen molar-refractivity contribution in [3.8, 4) is 0 Å². The van der Waals surface area contributed by atoms with Gasteiger partial charge in [-0.25, -0.2) is 0 Å². The van der Waals surface area contributed by atoms with Crippen LogP contribution in [0, 0.1) is 0 Å². The summed E-state index contributed by atoms with van der Waals surface area (Å²) in [6.45, 7) is 1.70. The van der Waals surface area contributed by atoms with Gasteiger partial charge in [-0.15, -0.1) is 0 Å². The standard InChI is InChI=1S/C18H21N3O/c22-17(18(9-10-18)15-6-2-1-3-7-15)21-13-4-8-16(21)14-20-12-5-11-19-20/h1-3,5-7,11-12,16H,4,8-10,13-14H2/t16-/m0/s1. The van der Waals surface area contributed by atoms with Crippen LogP contribution >= 0.6 is 0 Å². The lowest BCUT2D eigenvalue weighted by Gasteiger charge is -2.29. The van der Waals surface area contributed by atoms with Crippen LogP contribution in [0.1, 0.15) is 31.2 Å². The highest BCUT2D eigenvalue weighted by Gasteiger charge is 2.54. The van der Waals surface area contributed by atoms with Crippen LogP contribution in [0.15, 0.2) is 48.8 Å². The van der Waals surface area contributed by atoms with E-state index in [1.165, 1.54) is 5.56 Å². The number of carbonyl (C=O) groups excluding carboxylic acids is 1. The Morgan fingerprint density at radius 2 is 2.05 bits per heavy atom. The zero-order chi connectivity index (χ0) is 15.0. The van der Waals surface area contributed by atoms with E-state index in [9.17, 15) is 4.79 Å². The van der Waals surface area contributed by atoms with Crippen LogP contribution in [0.4, 0.5) is 0 Å². The molecular formula is C18H21N3O. The molecule has 1 aliphatic heterocycles. The third kappa shape index (κ3) is 2.23. The highest BCUT2D eigenvalue weighted by Crippen LogP contribution is 2.50. The van der Waals surface area contributed by atoms with Crippen LogP contribution in [0.5, 0.6) is 0 Å². The first kappa shape index (κ1) is 13.6. The van der Waals surface area contributed by atoms with Gasteiger partial charge in [0, 0.05) is 18.9 Å². The number of nitrogens with zero attached hydrogens (tertiary/aromatic N) is 3. The predicted molar refractivity (Wildman–Crippen MR) is 84.3 cm³/mol. The largest absolute Gasteiger partial charge is 0.337 e. The van der Waals surface area contributed by atoms with Gasteiger partial charge < -0.3 is 4.90 Å². The van der Waals surface area contributed by atoms with Crippen molar-refractivity contribution in [1.82, 2.24) is 14.7 Å². The van der Waals surface area contributed by atoms with Crippen molar-refractivity contribution in [2.75, 3.05) is 6.54 Å². The minimum absolute atomic E-state index is 0.242. The Labute approximate surface area is 130 Å². The monoisotopic (exact) mass is 295 g/mol. The first-order valence-corrected chi connectivity index (χ1v) is 8.14. The molecule has 2 aromatic rings. The third-order valence-electron chi connectivity index (χ3n) is 5.08. The van der Waals surface area contributed by atoms with Crippen molar-refractivity contribution in [1.29, 1.82) is 0 Å². The summed E-state index contributed by atoms with van der Waals surface area (Å²) in [5.74, 6) is 0.327.